The third kappa shape index (κ3) is 2.13. The third-order valence-electron chi connectivity index (χ3n) is 2.55. The molecule has 3 aromatic rings. The Labute approximate surface area is 104 Å². The molecule has 0 fully saturated rings. The molecule has 0 aromatic carbocycles. The van der Waals surface area contributed by atoms with E-state index in [0.29, 0.717) is 12.5 Å². The van der Waals surface area contributed by atoms with Gasteiger partial charge in [-0.25, -0.2) is 4.52 Å². The second-order valence-corrected chi connectivity index (χ2v) is 4.01. The van der Waals surface area contributed by atoms with Gasteiger partial charge in [0.25, 0.3) is 0 Å². The summed E-state index contributed by atoms with van der Waals surface area (Å²) < 4.78 is 1.74. The Hall–Kier alpha value is -2.50. The minimum Gasteiger partial charge on any atom is -0.347 e. The van der Waals surface area contributed by atoms with E-state index in [2.05, 4.69) is 25.6 Å². The van der Waals surface area contributed by atoms with Crippen molar-refractivity contribution in [1.29, 1.82) is 0 Å². The monoisotopic (exact) mass is 240 g/mol. The van der Waals surface area contributed by atoms with Crippen LogP contribution in [0.5, 0.6) is 0 Å². The Morgan fingerprint density at radius 3 is 3.11 bits per heavy atom. The van der Waals surface area contributed by atoms with E-state index in [1.807, 2.05) is 37.4 Å². The van der Waals surface area contributed by atoms with Gasteiger partial charge in [-0.1, -0.05) is 0 Å². The summed E-state index contributed by atoms with van der Waals surface area (Å²) in [4.78, 5) is 4.38. The molecule has 0 aliphatic rings. The number of rotatable bonds is 3. The van der Waals surface area contributed by atoms with E-state index in [-0.39, 0.29) is 0 Å². The molecule has 0 saturated carbocycles. The van der Waals surface area contributed by atoms with Crippen molar-refractivity contribution < 1.29 is 0 Å². The van der Waals surface area contributed by atoms with Crippen LogP contribution >= 0.6 is 0 Å². The summed E-state index contributed by atoms with van der Waals surface area (Å²) in [5.74, 6) is 0.589. The molecule has 3 rings (SSSR count). The highest BCUT2D eigenvalue weighted by Crippen LogP contribution is 2.08. The van der Waals surface area contributed by atoms with Crippen molar-refractivity contribution in [3.8, 4) is 0 Å². The van der Waals surface area contributed by atoms with Gasteiger partial charge in [0.2, 0.25) is 5.95 Å². The molecule has 18 heavy (non-hydrogen) atoms. The Balaban J connectivity index is 1.79. The highest BCUT2D eigenvalue weighted by atomic mass is 15.3. The molecule has 3 aromatic heterocycles. The lowest BCUT2D eigenvalue weighted by molar-refractivity contribution is 0.903. The van der Waals surface area contributed by atoms with Crippen LogP contribution in [-0.4, -0.2) is 24.8 Å². The molecule has 0 atom stereocenters. The van der Waals surface area contributed by atoms with Crippen LogP contribution in [0.25, 0.3) is 5.65 Å². The van der Waals surface area contributed by atoms with Crippen LogP contribution in [0.4, 0.5) is 5.95 Å². The SMILES string of the molecule is Cc1ccn2nc(NCc3cccnn3)nc2c1. The summed E-state index contributed by atoms with van der Waals surface area (Å²) >= 11 is 0. The van der Waals surface area contributed by atoms with Gasteiger partial charge in [0.1, 0.15) is 0 Å². The molecule has 0 bridgehead atoms. The average Bonchev–Trinajstić information content (AvgIpc) is 2.79. The molecule has 6 nitrogen and oxygen atoms in total. The maximum atomic E-state index is 4.38. The predicted octanol–water partition coefficient (Wildman–Crippen LogP) is 1.44. The Morgan fingerprint density at radius 2 is 2.28 bits per heavy atom. The van der Waals surface area contributed by atoms with Gasteiger partial charge >= 0.3 is 0 Å². The summed E-state index contributed by atoms with van der Waals surface area (Å²) in [6.07, 6.45) is 3.54. The van der Waals surface area contributed by atoms with Crippen LogP contribution in [0.3, 0.4) is 0 Å². The first-order chi connectivity index (χ1) is 8.81. The van der Waals surface area contributed by atoms with Crippen molar-refractivity contribution in [2.45, 2.75) is 13.5 Å². The van der Waals surface area contributed by atoms with E-state index < -0.39 is 0 Å². The molecule has 0 aliphatic carbocycles. The van der Waals surface area contributed by atoms with Crippen LogP contribution in [-0.2, 0) is 6.54 Å². The molecule has 0 amide bonds. The zero-order chi connectivity index (χ0) is 12.4. The maximum absolute atomic E-state index is 4.38. The molecular weight excluding hydrogens is 228 g/mol. The summed E-state index contributed by atoms with van der Waals surface area (Å²) in [7, 11) is 0. The smallest absolute Gasteiger partial charge is 0.243 e. The van der Waals surface area contributed by atoms with Gasteiger partial charge in [0, 0.05) is 12.4 Å². The van der Waals surface area contributed by atoms with Crippen LogP contribution in [0.15, 0.2) is 36.7 Å². The second kappa shape index (κ2) is 4.40. The van der Waals surface area contributed by atoms with Gasteiger partial charge in [0.05, 0.1) is 12.2 Å². The summed E-state index contributed by atoms with van der Waals surface area (Å²) in [6.45, 7) is 2.59. The fourth-order valence-corrected chi connectivity index (χ4v) is 1.66. The first-order valence-electron chi connectivity index (χ1n) is 5.65. The number of aromatic nitrogens is 5. The molecule has 3 heterocycles. The number of hydrogen-bond acceptors (Lipinski definition) is 5. The Morgan fingerprint density at radius 1 is 1.33 bits per heavy atom. The van der Waals surface area contributed by atoms with Crippen molar-refractivity contribution in [2.24, 2.45) is 0 Å². The molecule has 90 valence electrons. The lowest BCUT2D eigenvalue weighted by Gasteiger charge is -1.98. The average molecular weight is 240 g/mol. The highest BCUT2D eigenvalue weighted by molar-refractivity contribution is 5.45. The van der Waals surface area contributed by atoms with Gasteiger partial charge < -0.3 is 5.32 Å². The van der Waals surface area contributed by atoms with Gasteiger partial charge in [-0.2, -0.15) is 15.2 Å². The third-order valence-corrected chi connectivity index (χ3v) is 2.55. The van der Waals surface area contributed by atoms with Crippen LogP contribution < -0.4 is 5.32 Å². The van der Waals surface area contributed by atoms with Crippen LogP contribution in [0.2, 0.25) is 0 Å². The minimum absolute atomic E-state index is 0.559. The van der Waals surface area contributed by atoms with Gasteiger partial charge in [-0.15, -0.1) is 5.10 Å². The first-order valence-corrected chi connectivity index (χ1v) is 5.65. The molecule has 0 radical (unpaired) electrons. The number of pyridine rings is 1. The number of anilines is 1. The fraction of sp³-hybridized carbons (Fsp3) is 0.167. The Bertz CT molecular complexity index is 661. The van der Waals surface area contributed by atoms with E-state index in [1.54, 1.807) is 10.7 Å². The number of nitrogens with zero attached hydrogens (tertiary/aromatic N) is 5. The molecule has 0 unspecified atom stereocenters. The molecule has 6 heteroatoms. The van der Waals surface area contributed by atoms with Crippen LogP contribution in [0, 0.1) is 6.92 Å². The van der Waals surface area contributed by atoms with Gasteiger partial charge in [0.15, 0.2) is 5.65 Å². The summed E-state index contributed by atoms with van der Waals surface area (Å²) in [5, 5.41) is 15.2. The predicted molar refractivity (Wildman–Crippen MR) is 67.1 cm³/mol. The summed E-state index contributed by atoms with van der Waals surface area (Å²) in [6, 6.07) is 7.74. The van der Waals surface area contributed by atoms with Crippen molar-refractivity contribution in [3.63, 3.8) is 0 Å². The fourth-order valence-electron chi connectivity index (χ4n) is 1.66. The lowest BCUT2D eigenvalue weighted by atomic mass is 10.3. The van der Waals surface area contributed by atoms with E-state index in [0.717, 1.165) is 16.9 Å². The van der Waals surface area contributed by atoms with Crippen molar-refractivity contribution in [2.75, 3.05) is 5.32 Å². The van der Waals surface area contributed by atoms with Crippen LogP contribution in [0.1, 0.15) is 11.3 Å². The highest BCUT2D eigenvalue weighted by Gasteiger charge is 2.03. The molecule has 1 N–H and O–H groups in total. The zero-order valence-electron chi connectivity index (χ0n) is 9.91. The molecular formula is C12H12N6. The maximum Gasteiger partial charge on any atom is 0.243 e. The molecule has 0 saturated heterocycles. The van der Waals surface area contributed by atoms with E-state index in [9.17, 15) is 0 Å². The first kappa shape index (κ1) is 10.6. The molecule has 0 aliphatic heterocycles. The summed E-state index contributed by atoms with van der Waals surface area (Å²) in [5.41, 5.74) is 2.85. The zero-order valence-corrected chi connectivity index (χ0v) is 9.91. The normalized spacial score (nSPS) is 10.7. The number of fused-ring (bicyclic) bond motifs is 1. The number of nitrogens with one attached hydrogen (secondary N) is 1. The number of aryl methyl sites for hydroxylation is 1. The standard InChI is InChI=1S/C12H12N6/c1-9-4-6-18-11(7-9)15-12(17-18)13-8-10-3-2-5-14-16-10/h2-7H,8H2,1H3,(H,13,17). The Kier molecular flexibility index (Phi) is 2.60. The van der Waals surface area contributed by atoms with E-state index in [4.69, 9.17) is 0 Å². The van der Waals surface area contributed by atoms with E-state index in [1.165, 1.54) is 0 Å². The minimum atomic E-state index is 0.559. The quantitative estimate of drug-likeness (QED) is 0.750. The van der Waals surface area contributed by atoms with Gasteiger partial charge in [-0.05, 0) is 36.8 Å². The van der Waals surface area contributed by atoms with Crippen molar-refractivity contribution >= 4 is 11.6 Å². The van der Waals surface area contributed by atoms with Crippen molar-refractivity contribution in [1.82, 2.24) is 24.8 Å². The van der Waals surface area contributed by atoms with Gasteiger partial charge in [-0.3, -0.25) is 0 Å². The largest absolute Gasteiger partial charge is 0.347 e. The van der Waals surface area contributed by atoms with E-state index >= 15 is 0 Å². The lowest BCUT2D eigenvalue weighted by Crippen LogP contribution is -2.03. The second-order valence-electron chi connectivity index (χ2n) is 4.01. The topological polar surface area (TPSA) is 68.0 Å². The molecule has 0 spiro atoms. The van der Waals surface area contributed by atoms with Crippen molar-refractivity contribution in [3.05, 3.63) is 47.9 Å². The number of hydrogen-bond donors (Lipinski definition) is 1.